The zero-order chi connectivity index (χ0) is 15.7. The second kappa shape index (κ2) is 4.47. The fourth-order valence-electron chi connectivity index (χ4n) is 5.02. The van der Waals surface area contributed by atoms with Crippen LogP contribution >= 0.6 is 0 Å². The quantitative estimate of drug-likeness (QED) is 0.689. The van der Waals surface area contributed by atoms with Gasteiger partial charge in [0.25, 0.3) is 0 Å². The molecule has 3 fully saturated rings. The Hall–Kier alpha value is -2.10. The lowest BCUT2D eigenvalue weighted by Gasteiger charge is -2.37. The minimum atomic E-state index is -0.0962. The number of rotatable bonds is 3. The van der Waals surface area contributed by atoms with Gasteiger partial charge in [0.1, 0.15) is 0 Å². The second-order valence-electron chi connectivity index (χ2n) is 7.46. The van der Waals surface area contributed by atoms with Gasteiger partial charge in [0.05, 0.1) is 18.5 Å². The van der Waals surface area contributed by atoms with Crippen LogP contribution in [0.25, 0.3) is 0 Å². The van der Waals surface area contributed by atoms with Crippen molar-refractivity contribution in [2.75, 3.05) is 12.0 Å². The molecule has 1 aromatic carbocycles. The number of likely N-dealkylation sites (tertiary alicyclic amines) is 1. The van der Waals surface area contributed by atoms with Crippen molar-refractivity contribution in [2.45, 2.75) is 13.3 Å². The van der Waals surface area contributed by atoms with E-state index in [1.54, 1.807) is 0 Å². The number of carbonyl (C=O) groups excluding carboxylic acids is 2. The zero-order valence-electron chi connectivity index (χ0n) is 13.1. The summed E-state index contributed by atoms with van der Waals surface area (Å²) in [6.07, 6.45) is 5.63. The zero-order valence-corrected chi connectivity index (χ0v) is 13.1. The summed E-state index contributed by atoms with van der Waals surface area (Å²) >= 11 is 0. The summed E-state index contributed by atoms with van der Waals surface area (Å²) in [7, 11) is 0. The average molecular weight is 308 g/mol. The Morgan fingerprint density at radius 1 is 1.00 bits per heavy atom. The van der Waals surface area contributed by atoms with Crippen LogP contribution in [0.5, 0.6) is 0 Å². The van der Waals surface area contributed by atoms with Crippen LogP contribution in [0.15, 0.2) is 36.4 Å². The highest BCUT2D eigenvalue weighted by Crippen LogP contribution is 2.65. The molecule has 23 heavy (non-hydrogen) atoms. The number of imide groups is 1. The van der Waals surface area contributed by atoms with Crippen LogP contribution in [0.1, 0.15) is 12.0 Å². The van der Waals surface area contributed by atoms with Crippen molar-refractivity contribution in [3.63, 3.8) is 0 Å². The molecule has 1 N–H and O–H groups in total. The third-order valence-electron chi connectivity index (χ3n) is 6.25. The van der Waals surface area contributed by atoms with Crippen LogP contribution in [0.3, 0.4) is 0 Å². The maximum absolute atomic E-state index is 12.8. The summed E-state index contributed by atoms with van der Waals surface area (Å²) in [5.74, 6) is 1.79. The predicted molar refractivity (Wildman–Crippen MR) is 86.2 cm³/mol. The molecule has 2 bridgehead atoms. The van der Waals surface area contributed by atoms with E-state index in [1.807, 2.05) is 31.2 Å². The molecule has 2 amide bonds. The first-order valence-electron chi connectivity index (χ1n) is 8.49. The molecule has 0 unspecified atom stereocenters. The minimum Gasteiger partial charge on any atom is -0.367 e. The van der Waals surface area contributed by atoms with Gasteiger partial charge >= 0.3 is 0 Å². The lowest BCUT2D eigenvalue weighted by Crippen LogP contribution is -2.40. The normalized spacial score (nSPS) is 39.4. The van der Waals surface area contributed by atoms with Crippen molar-refractivity contribution in [1.29, 1.82) is 0 Å². The van der Waals surface area contributed by atoms with Crippen LogP contribution in [0.2, 0.25) is 0 Å². The van der Waals surface area contributed by atoms with E-state index in [1.165, 1.54) is 16.9 Å². The molecule has 6 atom stereocenters. The summed E-state index contributed by atoms with van der Waals surface area (Å²) in [4.78, 5) is 27.1. The summed E-state index contributed by atoms with van der Waals surface area (Å²) in [5.41, 5.74) is 2.13. The molecule has 0 spiro atoms. The Labute approximate surface area is 135 Å². The number of hydrogen-bond acceptors (Lipinski definition) is 3. The molecule has 4 heteroatoms. The Balaban J connectivity index is 1.36. The summed E-state index contributed by atoms with van der Waals surface area (Å²) in [6.45, 7) is 2.32. The van der Waals surface area contributed by atoms with Crippen molar-refractivity contribution in [3.05, 3.63) is 42.0 Å². The Bertz CT molecular complexity index is 687. The number of amides is 2. The first-order valence-corrected chi connectivity index (χ1v) is 8.49. The molecule has 1 aliphatic heterocycles. The molecule has 6 rings (SSSR count). The molecule has 1 aromatic rings. The summed E-state index contributed by atoms with van der Waals surface area (Å²) in [5, 5.41) is 3.22. The van der Waals surface area contributed by atoms with E-state index >= 15 is 0 Å². The molecule has 1 heterocycles. The second-order valence-corrected chi connectivity index (χ2v) is 7.46. The van der Waals surface area contributed by atoms with Gasteiger partial charge in [-0.05, 0) is 49.1 Å². The molecule has 0 radical (unpaired) electrons. The molecule has 118 valence electrons. The van der Waals surface area contributed by atoms with Gasteiger partial charge in [0, 0.05) is 5.69 Å². The number of anilines is 1. The van der Waals surface area contributed by atoms with Crippen LogP contribution in [-0.4, -0.2) is 23.4 Å². The molecule has 0 aromatic heterocycles. The van der Waals surface area contributed by atoms with Crippen molar-refractivity contribution in [1.82, 2.24) is 4.90 Å². The van der Waals surface area contributed by atoms with E-state index < -0.39 is 0 Å². The lowest BCUT2D eigenvalue weighted by molar-refractivity contribution is -0.139. The first kappa shape index (κ1) is 13.3. The Kier molecular flexibility index (Phi) is 2.59. The number of nitrogens with one attached hydrogen (secondary N) is 1. The van der Waals surface area contributed by atoms with Crippen molar-refractivity contribution >= 4 is 17.5 Å². The molecular formula is C19H20N2O2. The molecule has 4 nitrogen and oxygen atoms in total. The van der Waals surface area contributed by atoms with E-state index in [4.69, 9.17) is 0 Å². The number of carbonyl (C=O) groups is 2. The van der Waals surface area contributed by atoms with Crippen molar-refractivity contribution < 1.29 is 9.59 Å². The smallest absolute Gasteiger partial charge is 0.235 e. The van der Waals surface area contributed by atoms with Gasteiger partial charge in [-0.2, -0.15) is 0 Å². The predicted octanol–water partition coefficient (Wildman–Crippen LogP) is 2.42. The fourth-order valence-corrected chi connectivity index (χ4v) is 5.02. The van der Waals surface area contributed by atoms with Gasteiger partial charge in [-0.15, -0.1) is 0 Å². The van der Waals surface area contributed by atoms with Crippen LogP contribution in [0.4, 0.5) is 5.69 Å². The summed E-state index contributed by atoms with van der Waals surface area (Å²) < 4.78 is 0. The third-order valence-corrected chi connectivity index (χ3v) is 6.25. The molecule has 5 aliphatic rings. The molecule has 1 saturated heterocycles. The lowest BCUT2D eigenvalue weighted by atomic mass is 9.63. The fraction of sp³-hybridized carbons (Fsp3) is 0.474. The number of allylic oxidation sites excluding steroid dienone is 2. The largest absolute Gasteiger partial charge is 0.367 e. The minimum absolute atomic E-state index is 0.0318. The summed E-state index contributed by atoms with van der Waals surface area (Å²) in [6, 6.07) is 8.00. The van der Waals surface area contributed by atoms with E-state index in [2.05, 4.69) is 17.5 Å². The van der Waals surface area contributed by atoms with E-state index in [0.717, 1.165) is 5.69 Å². The number of nitrogens with zero attached hydrogens (tertiary/aromatic N) is 1. The standard InChI is InChI=1S/C19H20N2O2/c1-10-2-4-11(5-3-10)20-9-21-18(22)16-12-6-7-13(15-8-14(12)15)17(16)19(21)23/h2-7,12-17,20H,8-9H2,1H3/t12-,13-,14-,15+,16-,17+/m1/s1. The highest BCUT2D eigenvalue weighted by molar-refractivity contribution is 6.06. The van der Waals surface area contributed by atoms with Gasteiger partial charge in [-0.1, -0.05) is 29.8 Å². The number of benzene rings is 1. The van der Waals surface area contributed by atoms with Crippen molar-refractivity contribution in [3.8, 4) is 0 Å². The molecule has 2 saturated carbocycles. The Morgan fingerprint density at radius 3 is 2.13 bits per heavy atom. The highest BCUT2D eigenvalue weighted by Gasteiger charge is 2.66. The maximum Gasteiger partial charge on any atom is 0.235 e. The SMILES string of the molecule is Cc1ccc(NCN2C(=O)[C@@H]3[C@@H]4C=C[C@H]([C@@H]5C[C@H]45)[C@@H]3C2=O)cc1. The monoisotopic (exact) mass is 308 g/mol. The number of aryl methyl sites for hydroxylation is 1. The van der Waals surface area contributed by atoms with Crippen LogP contribution in [-0.2, 0) is 9.59 Å². The number of hydrogen-bond donors (Lipinski definition) is 1. The van der Waals surface area contributed by atoms with E-state index in [-0.39, 0.29) is 30.3 Å². The van der Waals surface area contributed by atoms with Crippen LogP contribution in [0, 0.1) is 42.4 Å². The van der Waals surface area contributed by atoms with Gasteiger partial charge in [0.2, 0.25) is 11.8 Å². The highest BCUT2D eigenvalue weighted by atomic mass is 16.2. The average Bonchev–Trinajstić information content (AvgIpc) is 3.33. The van der Waals surface area contributed by atoms with Gasteiger partial charge in [-0.25, -0.2) is 0 Å². The van der Waals surface area contributed by atoms with Gasteiger partial charge < -0.3 is 5.32 Å². The van der Waals surface area contributed by atoms with E-state index in [0.29, 0.717) is 23.7 Å². The third kappa shape index (κ3) is 1.78. The van der Waals surface area contributed by atoms with Crippen LogP contribution < -0.4 is 5.32 Å². The molecular weight excluding hydrogens is 288 g/mol. The van der Waals surface area contributed by atoms with Gasteiger partial charge in [0.15, 0.2) is 0 Å². The maximum atomic E-state index is 12.8. The van der Waals surface area contributed by atoms with E-state index in [9.17, 15) is 9.59 Å². The van der Waals surface area contributed by atoms with Gasteiger partial charge in [-0.3, -0.25) is 14.5 Å². The first-order chi connectivity index (χ1) is 11.1. The topological polar surface area (TPSA) is 49.4 Å². The molecule has 4 aliphatic carbocycles. The Morgan fingerprint density at radius 2 is 1.57 bits per heavy atom. The van der Waals surface area contributed by atoms with Crippen molar-refractivity contribution in [2.24, 2.45) is 35.5 Å².